The molecule has 0 radical (unpaired) electrons. The van der Waals surface area contributed by atoms with Gasteiger partial charge in [-0.2, -0.15) is 0 Å². The maximum absolute atomic E-state index is 13.2. The molecule has 9 nitrogen and oxygen atoms in total. The lowest BCUT2D eigenvalue weighted by Crippen LogP contribution is -2.55. The molecular formula is C25H31N3O6. The lowest BCUT2D eigenvalue weighted by molar-refractivity contribution is -0.138. The molecule has 0 saturated heterocycles. The number of aliphatic carboxylic acids is 1. The van der Waals surface area contributed by atoms with E-state index in [1.165, 1.54) is 0 Å². The number of ether oxygens (including phenoxy) is 1. The van der Waals surface area contributed by atoms with Gasteiger partial charge < -0.3 is 25.8 Å². The zero-order chi connectivity index (χ0) is 25.1. The number of hydrogen-bond donors (Lipinski definition) is 4. The molecule has 2 unspecified atom stereocenters. The summed E-state index contributed by atoms with van der Waals surface area (Å²) in [6.07, 6.45) is -0.456. The molecule has 2 aromatic rings. The molecule has 182 valence electrons. The normalized spacial score (nSPS) is 12.7. The highest BCUT2D eigenvalue weighted by Gasteiger charge is 2.29. The van der Waals surface area contributed by atoms with Gasteiger partial charge in [0.1, 0.15) is 24.2 Å². The first kappa shape index (κ1) is 26.4. The van der Waals surface area contributed by atoms with Gasteiger partial charge in [0.25, 0.3) is 0 Å². The minimum Gasteiger partial charge on any atom is -0.480 e. The second-order valence-electron chi connectivity index (χ2n) is 8.75. The third-order valence-corrected chi connectivity index (χ3v) is 4.62. The van der Waals surface area contributed by atoms with Gasteiger partial charge in [-0.15, -0.1) is 0 Å². The van der Waals surface area contributed by atoms with Crippen molar-refractivity contribution in [2.24, 2.45) is 0 Å². The van der Waals surface area contributed by atoms with Crippen molar-refractivity contribution >= 4 is 23.9 Å². The number of benzene rings is 2. The van der Waals surface area contributed by atoms with Gasteiger partial charge in [-0.05, 0) is 31.9 Å². The van der Waals surface area contributed by atoms with Gasteiger partial charge in [0.2, 0.25) is 11.8 Å². The van der Waals surface area contributed by atoms with E-state index in [2.05, 4.69) is 16.0 Å². The van der Waals surface area contributed by atoms with Gasteiger partial charge >= 0.3 is 12.1 Å². The Morgan fingerprint density at radius 2 is 1.26 bits per heavy atom. The van der Waals surface area contributed by atoms with Crippen LogP contribution >= 0.6 is 0 Å². The standard InChI is InChI=1S/C25H31N3O6/c1-25(2,3)34-24(33)28-20(15-18-12-8-5-9-13-18)23(32)27-19(22(31)26-16-21(29)30)14-17-10-6-4-7-11-17/h4-13,19-20H,14-16H2,1-3H3,(H,26,31)(H,27,32)(H,28,33)(H,29,30). The van der Waals surface area contributed by atoms with Crippen LogP contribution in [0.25, 0.3) is 0 Å². The SMILES string of the molecule is CC(C)(C)OC(=O)NC(Cc1ccccc1)C(=O)NC(Cc1ccccc1)C(=O)NCC(=O)O. The van der Waals surface area contributed by atoms with Crippen molar-refractivity contribution < 1.29 is 29.0 Å². The highest BCUT2D eigenvalue weighted by atomic mass is 16.6. The molecule has 0 aliphatic carbocycles. The third-order valence-electron chi connectivity index (χ3n) is 4.62. The van der Waals surface area contributed by atoms with Gasteiger partial charge in [-0.25, -0.2) is 4.79 Å². The topological polar surface area (TPSA) is 134 Å². The molecule has 9 heteroatoms. The molecule has 0 fully saturated rings. The fourth-order valence-corrected chi connectivity index (χ4v) is 3.13. The Morgan fingerprint density at radius 1 is 0.794 bits per heavy atom. The van der Waals surface area contributed by atoms with Crippen LogP contribution in [0.2, 0.25) is 0 Å². The summed E-state index contributed by atoms with van der Waals surface area (Å²) < 4.78 is 5.29. The molecule has 2 atom stereocenters. The second-order valence-corrected chi connectivity index (χ2v) is 8.75. The second kappa shape index (κ2) is 12.4. The van der Waals surface area contributed by atoms with Crippen LogP contribution in [0.1, 0.15) is 31.9 Å². The summed E-state index contributed by atoms with van der Waals surface area (Å²) in [5, 5.41) is 16.4. The Labute approximate surface area is 198 Å². The number of rotatable bonds is 10. The highest BCUT2D eigenvalue weighted by molar-refractivity contribution is 5.92. The molecule has 4 N–H and O–H groups in total. The monoisotopic (exact) mass is 469 g/mol. The molecule has 0 spiro atoms. The van der Waals surface area contributed by atoms with Crippen molar-refractivity contribution in [1.82, 2.24) is 16.0 Å². The van der Waals surface area contributed by atoms with Crippen molar-refractivity contribution in [2.45, 2.75) is 51.3 Å². The third kappa shape index (κ3) is 9.72. The number of hydrogen-bond acceptors (Lipinski definition) is 5. The lowest BCUT2D eigenvalue weighted by atomic mass is 10.0. The van der Waals surface area contributed by atoms with Crippen molar-refractivity contribution in [3.8, 4) is 0 Å². The molecule has 0 aliphatic heterocycles. The fraction of sp³-hybridized carbons (Fsp3) is 0.360. The number of amides is 3. The van der Waals surface area contributed by atoms with Gasteiger partial charge in [0, 0.05) is 12.8 Å². The molecule has 0 heterocycles. The first-order valence-electron chi connectivity index (χ1n) is 10.9. The summed E-state index contributed by atoms with van der Waals surface area (Å²) in [5.74, 6) is -2.44. The molecule has 0 bridgehead atoms. The number of carboxylic acid groups (broad SMARTS) is 1. The van der Waals surface area contributed by atoms with Crippen LogP contribution in [0.5, 0.6) is 0 Å². The molecular weight excluding hydrogens is 438 g/mol. The minimum absolute atomic E-state index is 0.141. The number of carboxylic acids is 1. The lowest BCUT2D eigenvalue weighted by Gasteiger charge is -2.25. The molecule has 0 saturated carbocycles. The average molecular weight is 470 g/mol. The highest BCUT2D eigenvalue weighted by Crippen LogP contribution is 2.10. The van der Waals surface area contributed by atoms with E-state index in [4.69, 9.17) is 9.84 Å². The summed E-state index contributed by atoms with van der Waals surface area (Å²) in [5.41, 5.74) is 0.816. The van der Waals surface area contributed by atoms with E-state index in [9.17, 15) is 19.2 Å². The van der Waals surface area contributed by atoms with Crippen molar-refractivity contribution in [3.63, 3.8) is 0 Å². The van der Waals surface area contributed by atoms with Crippen molar-refractivity contribution in [1.29, 1.82) is 0 Å². The zero-order valence-corrected chi connectivity index (χ0v) is 19.5. The quantitative estimate of drug-likeness (QED) is 0.421. The Hall–Kier alpha value is -3.88. The van der Waals surface area contributed by atoms with Crippen LogP contribution in [0, 0.1) is 0 Å². The summed E-state index contributed by atoms with van der Waals surface area (Å²) in [7, 11) is 0. The largest absolute Gasteiger partial charge is 0.480 e. The van der Waals surface area contributed by atoms with E-state index in [0.717, 1.165) is 11.1 Å². The molecule has 2 rings (SSSR count). The van der Waals surface area contributed by atoms with E-state index in [1.807, 2.05) is 36.4 Å². The Bertz CT molecular complexity index is 973. The molecule has 0 aromatic heterocycles. The van der Waals surface area contributed by atoms with Crippen LogP contribution in [-0.2, 0) is 32.0 Å². The van der Waals surface area contributed by atoms with Crippen LogP contribution in [0.15, 0.2) is 60.7 Å². The molecule has 34 heavy (non-hydrogen) atoms. The van der Waals surface area contributed by atoms with Crippen LogP contribution in [0.3, 0.4) is 0 Å². The Morgan fingerprint density at radius 3 is 1.71 bits per heavy atom. The molecule has 2 aromatic carbocycles. The summed E-state index contributed by atoms with van der Waals surface area (Å²) in [6.45, 7) is 4.55. The van der Waals surface area contributed by atoms with Crippen molar-refractivity contribution in [2.75, 3.05) is 6.54 Å². The molecule has 3 amide bonds. The van der Waals surface area contributed by atoms with E-state index in [1.54, 1.807) is 45.0 Å². The predicted molar refractivity (Wildman–Crippen MR) is 126 cm³/mol. The van der Waals surface area contributed by atoms with E-state index >= 15 is 0 Å². The number of carbonyl (C=O) groups is 4. The first-order chi connectivity index (χ1) is 16.0. The van der Waals surface area contributed by atoms with Gasteiger partial charge in [0.15, 0.2) is 0 Å². The molecule has 0 aliphatic rings. The smallest absolute Gasteiger partial charge is 0.408 e. The maximum atomic E-state index is 13.2. The summed E-state index contributed by atoms with van der Waals surface area (Å²) in [6, 6.07) is 16.0. The summed E-state index contributed by atoms with van der Waals surface area (Å²) >= 11 is 0. The van der Waals surface area contributed by atoms with Crippen LogP contribution in [0.4, 0.5) is 4.79 Å². The Balaban J connectivity index is 2.21. The summed E-state index contributed by atoms with van der Waals surface area (Å²) in [4.78, 5) is 49.2. The average Bonchev–Trinajstić information content (AvgIpc) is 2.76. The van der Waals surface area contributed by atoms with E-state index in [0.29, 0.717) is 0 Å². The number of alkyl carbamates (subject to hydrolysis) is 1. The van der Waals surface area contributed by atoms with E-state index < -0.39 is 48.1 Å². The van der Waals surface area contributed by atoms with Gasteiger partial charge in [-0.1, -0.05) is 60.7 Å². The van der Waals surface area contributed by atoms with Gasteiger partial charge in [-0.3, -0.25) is 14.4 Å². The van der Waals surface area contributed by atoms with Crippen LogP contribution in [-0.4, -0.2) is 53.2 Å². The predicted octanol–water partition coefficient (Wildman–Crippen LogP) is 2.05. The van der Waals surface area contributed by atoms with Crippen LogP contribution < -0.4 is 16.0 Å². The zero-order valence-electron chi connectivity index (χ0n) is 19.5. The minimum atomic E-state index is -1.20. The van der Waals surface area contributed by atoms with Crippen molar-refractivity contribution in [3.05, 3.63) is 71.8 Å². The number of carbonyl (C=O) groups excluding carboxylic acids is 3. The Kier molecular flexibility index (Phi) is 9.61. The number of nitrogens with one attached hydrogen (secondary N) is 3. The van der Waals surface area contributed by atoms with Gasteiger partial charge in [0.05, 0.1) is 0 Å². The fourth-order valence-electron chi connectivity index (χ4n) is 3.13. The van der Waals surface area contributed by atoms with E-state index in [-0.39, 0.29) is 12.8 Å². The first-order valence-corrected chi connectivity index (χ1v) is 10.9. The maximum Gasteiger partial charge on any atom is 0.408 e.